The molecule has 0 aliphatic rings. The molecule has 1 unspecified atom stereocenters. The predicted octanol–water partition coefficient (Wildman–Crippen LogP) is 5.22. The van der Waals surface area contributed by atoms with E-state index in [1.165, 1.54) is 0 Å². The van der Waals surface area contributed by atoms with Crippen molar-refractivity contribution in [3.63, 3.8) is 0 Å². The second-order valence-corrected chi connectivity index (χ2v) is 13.5. The quantitative estimate of drug-likeness (QED) is 0.412. The number of rotatable bonds is 9. The van der Waals surface area contributed by atoms with Gasteiger partial charge in [-0.05, 0) is 50.2 Å². The van der Waals surface area contributed by atoms with Gasteiger partial charge in [-0.3, -0.25) is 4.68 Å². The number of benzene rings is 1. The Labute approximate surface area is 175 Å². The zero-order valence-corrected chi connectivity index (χ0v) is 19.7. The SMILES string of the molecule is CCOC(=O)c1cc(COc2ccccc2)nn1C(C)CO[Si](C)(C)C(C)(C)C. The van der Waals surface area contributed by atoms with E-state index in [1.54, 1.807) is 17.7 Å². The summed E-state index contributed by atoms with van der Waals surface area (Å²) in [6, 6.07) is 11.2. The van der Waals surface area contributed by atoms with Gasteiger partial charge in [0.25, 0.3) is 0 Å². The summed E-state index contributed by atoms with van der Waals surface area (Å²) in [5.41, 5.74) is 1.10. The molecule has 1 heterocycles. The van der Waals surface area contributed by atoms with Gasteiger partial charge in [-0.1, -0.05) is 39.0 Å². The van der Waals surface area contributed by atoms with E-state index >= 15 is 0 Å². The third-order valence-corrected chi connectivity index (χ3v) is 9.81. The Morgan fingerprint density at radius 1 is 1.21 bits per heavy atom. The van der Waals surface area contributed by atoms with Crippen LogP contribution >= 0.6 is 0 Å². The van der Waals surface area contributed by atoms with E-state index in [9.17, 15) is 4.79 Å². The van der Waals surface area contributed by atoms with E-state index in [4.69, 9.17) is 13.9 Å². The monoisotopic (exact) mass is 418 g/mol. The molecule has 6 nitrogen and oxygen atoms in total. The molecule has 0 N–H and O–H groups in total. The Morgan fingerprint density at radius 3 is 2.45 bits per heavy atom. The maximum absolute atomic E-state index is 12.5. The van der Waals surface area contributed by atoms with Crippen molar-refractivity contribution in [3.8, 4) is 5.75 Å². The van der Waals surface area contributed by atoms with Gasteiger partial charge in [0.2, 0.25) is 0 Å². The van der Waals surface area contributed by atoms with E-state index in [-0.39, 0.29) is 23.7 Å². The van der Waals surface area contributed by atoms with Crippen LogP contribution in [0.15, 0.2) is 36.4 Å². The van der Waals surface area contributed by atoms with Crippen molar-refractivity contribution in [3.05, 3.63) is 47.8 Å². The first-order chi connectivity index (χ1) is 13.5. The Kier molecular flexibility index (Phi) is 7.65. The predicted molar refractivity (Wildman–Crippen MR) is 117 cm³/mol. The van der Waals surface area contributed by atoms with Crippen LogP contribution in [0, 0.1) is 0 Å². The summed E-state index contributed by atoms with van der Waals surface area (Å²) in [5, 5.41) is 4.74. The van der Waals surface area contributed by atoms with Crippen molar-refractivity contribution in [1.29, 1.82) is 0 Å². The molecule has 0 fully saturated rings. The highest BCUT2D eigenvalue weighted by molar-refractivity contribution is 6.74. The lowest BCUT2D eigenvalue weighted by Gasteiger charge is -2.37. The molecule has 0 saturated heterocycles. The lowest BCUT2D eigenvalue weighted by atomic mass is 10.2. The first-order valence-electron chi connectivity index (χ1n) is 10.1. The van der Waals surface area contributed by atoms with Gasteiger partial charge < -0.3 is 13.9 Å². The summed E-state index contributed by atoms with van der Waals surface area (Å²) in [7, 11) is -1.89. The van der Waals surface area contributed by atoms with Crippen LogP contribution in [0.5, 0.6) is 5.75 Å². The molecule has 7 heteroatoms. The van der Waals surface area contributed by atoms with Crippen LogP contribution in [-0.2, 0) is 15.8 Å². The molecule has 0 aliphatic heterocycles. The number of hydrogen-bond acceptors (Lipinski definition) is 5. The molecule has 29 heavy (non-hydrogen) atoms. The first kappa shape index (κ1) is 23.2. The molecule has 0 amide bonds. The summed E-state index contributed by atoms with van der Waals surface area (Å²) in [5.74, 6) is 0.374. The van der Waals surface area contributed by atoms with Crippen LogP contribution in [-0.4, -0.2) is 37.3 Å². The van der Waals surface area contributed by atoms with Crippen molar-refractivity contribution in [2.24, 2.45) is 0 Å². The van der Waals surface area contributed by atoms with Crippen LogP contribution in [0.1, 0.15) is 56.8 Å². The fourth-order valence-corrected chi connectivity index (χ4v) is 3.59. The van der Waals surface area contributed by atoms with Gasteiger partial charge in [0.05, 0.1) is 19.3 Å². The lowest BCUT2D eigenvalue weighted by molar-refractivity contribution is 0.0507. The van der Waals surface area contributed by atoms with Crippen molar-refractivity contribution < 1.29 is 18.7 Å². The van der Waals surface area contributed by atoms with Crippen LogP contribution in [0.25, 0.3) is 0 Å². The van der Waals surface area contributed by atoms with Crippen LogP contribution in [0.4, 0.5) is 0 Å². The third-order valence-electron chi connectivity index (χ3n) is 5.31. The fourth-order valence-electron chi connectivity index (χ4n) is 2.50. The zero-order valence-electron chi connectivity index (χ0n) is 18.7. The molecule has 1 aromatic carbocycles. The first-order valence-corrected chi connectivity index (χ1v) is 13.0. The Balaban J connectivity index is 2.17. The highest BCUT2D eigenvalue weighted by Gasteiger charge is 2.37. The second-order valence-electron chi connectivity index (χ2n) is 8.71. The van der Waals surface area contributed by atoms with Gasteiger partial charge in [-0.15, -0.1) is 0 Å². The second kappa shape index (κ2) is 9.58. The van der Waals surface area contributed by atoms with Gasteiger partial charge in [0.15, 0.2) is 8.32 Å². The molecule has 1 aromatic heterocycles. The number of ether oxygens (including phenoxy) is 2. The lowest BCUT2D eigenvalue weighted by Crippen LogP contribution is -2.42. The van der Waals surface area contributed by atoms with E-state index in [0.717, 1.165) is 5.75 Å². The van der Waals surface area contributed by atoms with E-state index < -0.39 is 8.32 Å². The zero-order chi connectivity index (χ0) is 21.7. The maximum Gasteiger partial charge on any atom is 0.356 e. The normalized spacial score (nSPS) is 13.2. The van der Waals surface area contributed by atoms with Crippen molar-refractivity contribution in [2.45, 2.75) is 65.4 Å². The number of esters is 1. The average Bonchev–Trinajstić information content (AvgIpc) is 3.09. The number of nitrogens with zero attached hydrogens (tertiary/aromatic N) is 2. The fraction of sp³-hybridized carbons (Fsp3) is 0.545. The van der Waals surface area contributed by atoms with Gasteiger partial charge in [-0.25, -0.2) is 4.79 Å². The number of carbonyl (C=O) groups excluding carboxylic acids is 1. The maximum atomic E-state index is 12.5. The summed E-state index contributed by atoms with van der Waals surface area (Å²) >= 11 is 0. The molecule has 160 valence electrons. The number of carbonyl (C=O) groups is 1. The molecule has 2 aromatic rings. The average molecular weight is 419 g/mol. The molecule has 2 rings (SSSR count). The van der Waals surface area contributed by atoms with Gasteiger partial charge in [0.1, 0.15) is 23.7 Å². The van der Waals surface area contributed by atoms with Crippen LogP contribution in [0.2, 0.25) is 18.1 Å². The van der Waals surface area contributed by atoms with E-state index in [0.29, 0.717) is 24.6 Å². The Morgan fingerprint density at radius 2 is 1.86 bits per heavy atom. The highest BCUT2D eigenvalue weighted by Crippen LogP contribution is 2.37. The summed E-state index contributed by atoms with van der Waals surface area (Å²) in [6.07, 6.45) is 0. The molecule has 0 spiro atoms. The molecular formula is C22H34N2O4Si. The minimum absolute atomic E-state index is 0.103. The van der Waals surface area contributed by atoms with Crippen molar-refractivity contribution >= 4 is 14.3 Å². The topological polar surface area (TPSA) is 62.6 Å². The van der Waals surface area contributed by atoms with Gasteiger partial charge >= 0.3 is 5.97 Å². The van der Waals surface area contributed by atoms with E-state index in [2.05, 4.69) is 39.0 Å². The smallest absolute Gasteiger partial charge is 0.356 e. The Bertz CT molecular complexity index is 797. The largest absolute Gasteiger partial charge is 0.487 e. The number of para-hydroxylation sites is 1. The van der Waals surface area contributed by atoms with Gasteiger partial charge in [-0.2, -0.15) is 5.10 Å². The summed E-state index contributed by atoms with van der Waals surface area (Å²) in [6.45, 7) is 15.9. The van der Waals surface area contributed by atoms with E-state index in [1.807, 2.05) is 37.3 Å². The standard InChI is InChI=1S/C22H34N2O4Si/c1-8-26-21(25)20-14-18(16-27-19-12-10-9-11-13-19)23-24(20)17(2)15-28-29(6,7)22(3,4)5/h9-14,17H,8,15-16H2,1-7H3. The highest BCUT2D eigenvalue weighted by atomic mass is 28.4. The number of aromatic nitrogens is 2. The minimum atomic E-state index is -1.89. The van der Waals surface area contributed by atoms with Crippen LogP contribution in [0.3, 0.4) is 0 Å². The molecule has 0 saturated carbocycles. The molecular weight excluding hydrogens is 384 g/mol. The molecule has 0 aliphatic carbocycles. The molecule has 0 radical (unpaired) electrons. The summed E-state index contributed by atoms with van der Waals surface area (Å²) < 4.78 is 19.0. The molecule has 0 bridgehead atoms. The van der Waals surface area contributed by atoms with Crippen LogP contribution < -0.4 is 4.74 Å². The van der Waals surface area contributed by atoms with Gasteiger partial charge in [0, 0.05) is 0 Å². The minimum Gasteiger partial charge on any atom is -0.487 e. The van der Waals surface area contributed by atoms with Crippen molar-refractivity contribution in [2.75, 3.05) is 13.2 Å². The Hall–Kier alpha value is -2.12. The number of hydrogen-bond donors (Lipinski definition) is 0. The molecule has 1 atom stereocenters. The third kappa shape index (κ3) is 6.18. The van der Waals surface area contributed by atoms with Crippen molar-refractivity contribution in [1.82, 2.24) is 9.78 Å². The summed E-state index contributed by atoms with van der Waals surface area (Å²) in [4.78, 5) is 12.5.